The van der Waals surface area contributed by atoms with Crippen LogP contribution in [0, 0.1) is 5.41 Å². The number of hydrogen-bond acceptors (Lipinski definition) is 1. The van der Waals surface area contributed by atoms with E-state index in [1.54, 1.807) is 0 Å². The second-order valence-corrected chi connectivity index (χ2v) is 7.60. The fraction of sp³-hybridized carbons (Fsp3) is 0.727. The Labute approximate surface area is 111 Å². The van der Waals surface area contributed by atoms with Crippen molar-refractivity contribution in [3.8, 4) is 0 Å². The van der Waals surface area contributed by atoms with Gasteiger partial charge in [0.15, 0.2) is 0 Å². The molecule has 0 saturated heterocycles. The summed E-state index contributed by atoms with van der Waals surface area (Å²) in [7, 11) is 0. The van der Waals surface area contributed by atoms with E-state index < -0.39 is 15.2 Å². The van der Waals surface area contributed by atoms with Crippen LogP contribution < -0.4 is 5.32 Å². The molecule has 0 aromatic heterocycles. The number of alkyl halides is 3. The zero-order valence-corrected chi connectivity index (χ0v) is 11.9. The van der Waals surface area contributed by atoms with Crippen molar-refractivity contribution in [3.63, 3.8) is 0 Å². The van der Waals surface area contributed by atoms with E-state index in [4.69, 9.17) is 34.8 Å². The summed E-state index contributed by atoms with van der Waals surface area (Å²) >= 11 is 16.6. The first-order chi connectivity index (χ1) is 7.04. The first-order valence-electron chi connectivity index (χ1n) is 5.11. The fourth-order valence-electron chi connectivity index (χ4n) is 2.18. The van der Waals surface area contributed by atoms with Crippen LogP contribution in [0.25, 0.3) is 0 Å². The summed E-state index contributed by atoms with van der Waals surface area (Å²) in [6.45, 7) is 6.23. The lowest BCUT2D eigenvalue weighted by Crippen LogP contribution is -2.52. The van der Waals surface area contributed by atoms with Gasteiger partial charge in [0, 0.05) is 0 Å². The van der Waals surface area contributed by atoms with Gasteiger partial charge in [0.25, 0.3) is 9.70 Å². The molecule has 0 fully saturated rings. The summed E-state index contributed by atoms with van der Waals surface area (Å²) in [5.41, 5.74) is -0.298. The Hall–Kier alpha value is 0.0800. The van der Waals surface area contributed by atoms with Crippen LogP contribution in [-0.2, 0) is 4.79 Å². The maximum atomic E-state index is 11.6. The SMILES string of the molecule is CC1(C)CC=CC(C)(NC(=O)C(Cl)(Cl)Cl)C1. The number of halogens is 3. The number of nitrogens with one attached hydrogen (secondary N) is 1. The molecular formula is C11H16Cl3NO. The lowest BCUT2D eigenvalue weighted by molar-refractivity contribution is -0.121. The predicted molar refractivity (Wildman–Crippen MR) is 69.0 cm³/mol. The highest BCUT2D eigenvalue weighted by Crippen LogP contribution is 2.37. The summed E-state index contributed by atoms with van der Waals surface area (Å²) in [6, 6.07) is 0. The van der Waals surface area contributed by atoms with E-state index >= 15 is 0 Å². The van der Waals surface area contributed by atoms with Gasteiger partial charge >= 0.3 is 0 Å². The molecule has 1 aliphatic rings. The Morgan fingerprint density at radius 2 is 1.88 bits per heavy atom. The molecule has 1 aliphatic carbocycles. The largest absolute Gasteiger partial charge is 0.344 e. The molecule has 1 amide bonds. The highest BCUT2D eigenvalue weighted by Gasteiger charge is 2.39. The molecule has 0 aromatic carbocycles. The molecule has 0 heterocycles. The smallest absolute Gasteiger partial charge is 0.272 e. The third kappa shape index (κ3) is 3.83. The second kappa shape index (κ2) is 4.40. The Kier molecular flexibility index (Phi) is 3.88. The molecule has 0 spiro atoms. The summed E-state index contributed by atoms with van der Waals surface area (Å²) in [6.07, 6.45) is 5.84. The molecule has 92 valence electrons. The van der Waals surface area contributed by atoms with Crippen molar-refractivity contribution >= 4 is 40.7 Å². The monoisotopic (exact) mass is 283 g/mol. The molecule has 1 unspecified atom stereocenters. The van der Waals surface area contributed by atoms with E-state index in [0.717, 1.165) is 12.8 Å². The molecule has 0 bridgehead atoms. The number of hydrogen-bond donors (Lipinski definition) is 1. The van der Waals surface area contributed by atoms with Gasteiger partial charge in [-0.1, -0.05) is 60.8 Å². The van der Waals surface area contributed by atoms with Gasteiger partial charge in [-0.15, -0.1) is 0 Å². The standard InChI is InChI=1S/C11H16Cl3NO/c1-9(2)5-4-6-10(3,7-9)15-8(16)11(12,13)14/h4,6H,5,7H2,1-3H3,(H,15,16). The summed E-state index contributed by atoms with van der Waals surface area (Å²) < 4.78 is -1.90. The van der Waals surface area contributed by atoms with Gasteiger partial charge in [-0.25, -0.2) is 0 Å². The van der Waals surface area contributed by atoms with Crippen molar-refractivity contribution in [1.29, 1.82) is 0 Å². The Morgan fingerprint density at radius 1 is 1.31 bits per heavy atom. The molecule has 0 aliphatic heterocycles. The van der Waals surface area contributed by atoms with Crippen LogP contribution in [0.4, 0.5) is 0 Å². The van der Waals surface area contributed by atoms with Gasteiger partial charge in [0.2, 0.25) is 0 Å². The quantitative estimate of drug-likeness (QED) is 0.578. The van der Waals surface area contributed by atoms with E-state index in [2.05, 4.69) is 25.2 Å². The van der Waals surface area contributed by atoms with Crippen molar-refractivity contribution in [3.05, 3.63) is 12.2 Å². The zero-order chi connectivity index (χ0) is 12.6. The van der Waals surface area contributed by atoms with E-state index in [0.29, 0.717) is 0 Å². The van der Waals surface area contributed by atoms with E-state index in [-0.39, 0.29) is 5.41 Å². The summed E-state index contributed by atoms with van der Waals surface area (Å²) in [5.74, 6) is -0.581. The van der Waals surface area contributed by atoms with Crippen LogP contribution in [0.15, 0.2) is 12.2 Å². The first-order valence-corrected chi connectivity index (χ1v) is 6.25. The van der Waals surface area contributed by atoms with Crippen LogP contribution in [0.2, 0.25) is 0 Å². The van der Waals surface area contributed by atoms with Crippen LogP contribution in [0.1, 0.15) is 33.6 Å². The molecule has 1 rings (SSSR count). The molecule has 5 heteroatoms. The van der Waals surface area contributed by atoms with Crippen LogP contribution >= 0.6 is 34.8 Å². The maximum Gasteiger partial charge on any atom is 0.272 e. The minimum atomic E-state index is -1.90. The average molecular weight is 285 g/mol. The molecule has 1 N–H and O–H groups in total. The van der Waals surface area contributed by atoms with Crippen molar-refractivity contribution in [2.75, 3.05) is 0 Å². The number of rotatable bonds is 1. The molecule has 0 aromatic rings. The van der Waals surface area contributed by atoms with Crippen LogP contribution in [0.5, 0.6) is 0 Å². The van der Waals surface area contributed by atoms with E-state index in [9.17, 15) is 4.79 Å². The number of carbonyl (C=O) groups excluding carboxylic acids is 1. The Morgan fingerprint density at radius 3 is 2.31 bits per heavy atom. The molecule has 16 heavy (non-hydrogen) atoms. The van der Waals surface area contributed by atoms with Gasteiger partial charge in [0.05, 0.1) is 5.54 Å². The molecule has 0 saturated carbocycles. The van der Waals surface area contributed by atoms with Crippen molar-refractivity contribution in [2.45, 2.75) is 42.9 Å². The van der Waals surface area contributed by atoms with Gasteiger partial charge < -0.3 is 5.32 Å². The zero-order valence-electron chi connectivity index (χ0n) is 9.61. The number of amides is 1. The summed E-state index contributed by atoms with van der Waals surface area (Å²) in [5, 5.41) is 2.77. The van der Waals surface area contributed by atoms with E-state index in [1.807, 2.05) is 13.0 Å². The minimum absolute atomic E-state index is 0.143. The topological polar surface area (TPSA) is 29.1 Å². The van der Waals surface area contributed by atoms with Gasteiger partial charge in [-0.2, -0.15) is 0 Å². The molecular weight excluding hydrogens is 268 g/mol. The molecule has 2 nitrogen and oxygen atoms in total. The van der Waals surface area contributed by atoms with Gasteiger partial charge in [0.1, 0.15) is 0 Å². The van der Waals surface area contributed by atoms with Gasteiger partial charge in [-0.05, 0) is 25.2 Å². The summed E-state index contributed by atoms with van der Waals surface area (Å²) in [4.78, 5) is 11.6. The highest BCUT2D eigenvalue weighted by atomic mass is 35.6. The Balaban J connectivity index is 2.77. The lowest BCUT2D eigenvalue weighted by atomic mass is 9.73. The average Bonchev–Trinajstić information content (AvgIpc) is 1.97. The molecule has 1 atom stereocenters. The maximum absolute atomic E-state index is 11.6. The minimum Gasteiger partial charge on any atom is -0.344 e. The third-order valence-electron chi connectivity index (χ3n) is 2.66. The van der Waals surface area contributed by atoms with Crippen molar-refractivity contribution in [2.24, 2.45) is 5.41 Å². The molecule has 0 radical (unpaired) electrons. The van der Waals surface area contributed by atoms with Crippen molar-refractivity contribution < 1.29 is 4.79 Å². The third-order valence-corrected chi connectivity index (χ3v) is 3.17. The van der Waals surface area contributed by atoms with Crippen LogP contribution in [0.3, 0.4) is 0 Å². The second-order valence-electron chi connectivity index (χ2n) is 5.32. The normalized spacial score (nSPS) is 28.9. The lowest BCUT2D eigenvalue weighted by Gasteiger charge is -2.39. The predicted octanol–water partition coefficient (Wildman–Crippen LogP) is 3.61. The number of carbonyl (C=O) groups is 1. The fourth-order valence-corrected chi connectivity index (χ4v) is 2.32. The van der Waals surface area contributed by atoms with Gasteiger partial charge in [-0.3, -0.25) is 4.79 Å². The highest BCUT2D eigenvalue weighted by molar-refractivity contribution is 6.76. The van der Waals surface area contributed by atoms with E-state index in [1.165, 1.54) is 0 Å². The first kappa shape index (κ1) is 14.1. The van der Waals surface area contributed by atoms with Crippen LogP contribution in [-0.4, -0.2) is 15.2 Å². The Bertz CT molecular complexity index is 320. The van der Waals surface area contributed by atoms with Crippen molar-refractivity contribution in [1.82, 2.24) is 5.32 Å². The number of allylic oxidation sites excluding steroid dienone is 1.